The van der Waals surface area contributed by atoms with Crippen molar-refractivity contribution in [3.05, 3.63) is 29.8 Å². The Labute approximate surface area is 161 Å². The molecule has 1 aromatic rings. The van der Waals surface area contributed by atoms with Crippen LogP contribution in [0.4, 0.5) is 0 Å². The fraction of sp³-hybridized carbons (Fsp3) is 0.619. The molecule has 0 aromatic heterocycles. The molecule has 2 fully saturated rings. The quantitative estimate of drug-likeness (QED) is 0.828. The van der Waals surface area contributed by atoms with E-state index in [1.54, 1.807) is 7.11 Å². The monoisotopic (exact) mass is 374 g/mol. The largest absolute Gasteiger partial charge is 0.496 e. The molecule has 2 saturated heterocycles. The number of likely N-dealkylation sites (tertiary alicyclic amines) is 2. The fourth-order valence-electron chi connectivity index (χ4n) is 4.40. The zero-order valence-electron chi connectivity index (χ0n) is 16.1. The van der Waals surface area contributed by atoms with E-state index in [2.05, 4.69) is 11.0 Å². The molecule has 0 bridgehead atoms. The second-order valence-corrected chi connectivity index (χ2v) is 7.66. The number of piperidine rings is 1. The Kier molecular flexibility index (Phi) is 6.72. The maximum atomic E-state index is 12.8. The number of carbonyl (C=O) groups is 2. The summed E-state index contributed by atoms with van der Waals surface area (Å²) in [5, 5.41) is 9.07. The van der Waals surface area contributed by atoms with Crippen LogP contribution in [0.25, 0.3) is 0 Å². The van der Waals surface area contributed by atoms with Crippen LogP contribution in [0.5, 0.6) is 5.75 Å². The van der Waals surface area contributed by atoms with Crippen LogP contribution in [0.1, 0.15) is 37.7 Å². The summed E-state index contributed by atoms with van der Waals surface area (Å²) in [6, 6.07) is 8.02. The van der Waals surface area contributed by atoms with Crippen molar-refractivity contribution in [3.63, 3.8) is 0 Å². The number of rotatable bonds is 6. The van der Waals surface area contributed by atoms with Crippen LogP contribution >= 0.6 is 0 Å². The van der Waals surface area contributed by atoms with E-state index in [4.69, 9.17) is 9.84 Å². The Morgan fingerprint density at radius 1 is 1.15 bits per heavy atom. The first kappa shape index (κ1) is 19.7. The first-order chi connectivity index (χ1) is 13.1. The highest BCUT2D eigenvalue weighted by molar-refractivity contribution is 5.85. The van der Waals surface area contributed by atoms with Gasteiger partial charge in [-0.2, -0.15) is 0 Å². The van der Waals surface area contributed by atoms with Crippen LogP contribution in [-0.4, -0.2) is 66.1 Å². The summed E-state index contributed by atoms with van der Waals surface area (Å²) in [5.74, 6) is 0.606. The molecule has 2 heterocycles. The summed E-state index contributed by atoms with van der Waals surface area (Å²) in [4.78, 5) is 27.7. The van der Waals surface area contributed by atoms with Crippen LogP contribution in [0.3, 0.4) is 0 Å². The minimum Gasteiger partial charge on any atom is -0.496 e. The first-order valence-corrected chi connectivity index (χ1v) is 9.95. The van der Waals surface area contributed by atoms with E-state index in [1.807, 2.05) is 18.2 Å². The van der Waals surface area contributed by atoms with Crippen molar-refractivity contribution in [1.82, 2.24) is 9.80 Å². The molecule has 27 heavy (non-hydrogen) atoms. The predicted molar refractivity (Wildman–Crippen MR) is 103 cm³/mol. The Hall–Kier alpha value is -2.08. The van der Waals surface area contributed by atoms with Gasteiger partial charge in [0.05, 0.1) is 13.2 Å². The standard InChI is InChI=1S/C21H30N2O4/c1-27-19-8-3-2-6-17(19)14-16-9-12-22(13-10-16)18-7-4-5-11-23(21(18)26)15-20(24)25/h2-3,6,8,16,18H,4-5,7,9-15H2,1H3,(H,24,25). The van der Waals surface area contributed by atoms with Gasteiger partial charge in [-0.1, -0.05) is 18.2 Å². The lowest BCUT2D eigenvalue weighted by Crippen LogP contribution is -2.51. The molecule has 1 aromatic carbocycles. The molecule has 6 heteroatoms. The molecule has 0 saturated carbocycles. The van der Waals surface area contributed by atoms with Crippen molar-refractivity contribution in [1.29, 1.82) is 0 Å². The lowest BCUT2D eigenvalue weighted by Gasteiger charge is -2.37. The molecule has 1 atom stereocenters. The smallest absolute Gasteiger partial charge is 0.323 e. The maximum Gasteiger partial charge on any atom is 0.323 e. The van der Waals surface area contributed by atoms with Gasteiger partial charge in [-0.25, -0.2) is 0 Å². The second kappa shape index (κ2) is 9.22. The second-order valence-electron chi connectivity index (χ2n) is 7.66. The molecular weight excluding hydrogens is 344 g/mol. The van der Waals surface area contributed by atoms with Gasteiger partial charge >= 0.3 is 5.97 Å². The van der Waals surface area contributed by atoms with E-state index in [0.29, 0.717) is 12.5 Å². The van der Waals surface area contributed by atoms with Crippen molar-refractivity contribution in [2.75, 3.05) is 33.3 Å². The summed E-state index contributed by atoms with van der Waals surface area (Å²) >= 11 is 0. The Bertz CT molecular complexity index is 655. The summed E-state index contributed by atoms with van der Waals surface area (Å²) in [6.45, 7) is 2.18. The van der Waals surface area contributed by atoms with Crippen LogP contribution in [-0.2, 0) is 16.0 Å². The average molecular weight is 374 g/mol. The van der Waals surface area contributed by atoms with Gasteiger partial charge in [0.15, 0.2) is 0 Å². The number of para-hydroxylation sites is 1. The molecule has 0 radical (unpaired) electrons. The molecule has 3 rings (SSSR count). The highest BCUT2D eigenvalue weighted by Crippen LogP contribution is 2.29. The van der Waals surface area contributed by atoms with E-state index >= 15 is 0 Å². The summed E-state index contributed by atoms with van der Waals surface area (Å²) in [6.07, 6.45) is 5.82. The maximum absolute atomic E-state index is 12.8. The molecular formula is C21H30N2O4. The minimum atomic E-state index is -0.931. The number of methoxy groups -OCH3 is 1. The third-order valence-electron chi connectivity index (χ3n) is 5.87. The Morgan fingerprint density at radius 2 is 1.89 bits per heavy atom. The SMILES string of the molecule is COc1ccccc1CC1CCN(C2CCCCN(CC(=O)O)C2=O)CC1. The topological polar surface area (TPSA) is 70.1 Å². The van der Waals surface area contributed by atoms with Crippen LogP contribution < -0.4 is 4.74 Å². The molecule has 0 spiro atoms. The molecule has 1 N–H and O–H groups in total. The van der Waals surface area contributed by atoms with Gasteiger partial charge in [-0.15, -0.1) is 0 Å². The number of nitrogens with zero attached hydrogens (tertiary/aromatic N) is 2. The lowest BCUT2D eigenvalue weighted by molar-refractivity contribution is -0.146. The van der Waals surface area contributed by atoms with Crippen molar-refractivity contribution < 1.29 is 19.4 Å². The first-order valence-electron chi connectivity index (χ1n) is 9.95. The molecule has 0 aliphatic carbocycles. The number of hydrogen-bond acceptors (Lipinski definition) is 4. The number of carboxylic acids is 1. The average Bonchev–Trinajstić information content (AvgIpc) is 2.84. The Morgan fingerprint density at radius 3 is 2.59 bits per heavy atom. The van der Waals surface area contributed by atoms with Crippen molar-refractivity contribution in [2.24, 2.45) is 5.92 Å². The number of aliphatic carboxylic acids is 1. The van der Waals surface area contributed by atoms with Crippen LogP contribution in [0, 0.1) is 5.92 Å². The van der Waals surface area contributed by atoms with Gasteiger partial charge in [0.25, 0.3) is 0 Å². The van der Waals surface area contributed by atoms with E-state index in [-0.39, 0.29) is 18.5 Å². The fourth-order valence-corrected chi connectivity index (χ4v) is 4.40. The van der Waals surface area contributed by atoms with Gasteiger partial charge in [0, 0.05) is 6.54 Å². The normalized spacial score (nSPS) is 22.5. The molecule has 1 unspecified atom stereocenters. The van der Waals surface area contributed by atoms with Crippen LogP contribution in [0.15, 0.2) is 24.3 Å². The molecule has 1 amide bonds. The number of benzene rings is 1. The number of carboxylic acid groups (broad SMARTS) is 1. The van der Waals surface area contributed by atoms with Gasteiger partial charge in [-0.3, -0.25) is 14.5 Å². The van der Waals surface area contributed by atoms with Gasteiger partial charge in [0.1, 0.15) is 12.3 Å². The van der Waals surface area contributed by atoms with Gasteiger partial charge < -0.3 is 14.7 Å². The lowest BCUT2D eigenvalue weighted by atomic mass is 9.89. The zero-order valence-corrected chi connectivity index (χ0v) is 16.1. The molecule has 2 aliphatic heterocycles. The zero-order chi connectivity index (χ0) is 19.2. The third kappa shape index (κ3) is 5.01. The van der Waals surface area contributed by atoms with E-state index in [9.17, 15) is 9.59 Å². The van der Waals surface area contributed by atoms with Gasteiger partial charge in [-0.05, 0) is 69.2 Å². The highest BCUT2D eigenvalue weighted by atomic mass is 16.5. The van der Waals surface area contributed by atoms with Gasteiger partial charge in [0.2, 0.25) is 5.91 Å². The Balaban J connectivity index is 1.57. The van der Waals surface area contributed by atoms with E-state index < -0.39 is 5.97 Å². The molecule has 6 nitrogen and oxygen atoms in total. The number of amides is 1. The summed E-state index contributed by atoms with van der Waals surface area (Å²) in [7, 11) is 1.71. The van der Waals surface area contributed by atoms with Crippen molar-refractivity contribution in [3.8, 4) is 5.75 Å². The van der Waals surface area contributed by atoms with E-state index in [1.165, 1.54) is 10.5 Å². The minimum absolute atomic E-state index is 0.00178. The number of hydrogen-bond donors (Lipinski definition) is 1. The third-order valence-corrected chi connectivity index (χ3v) is 5.87. The van der Waals surface area contributed by atoms with Crippen molar-refractivity contribution in [2.45, 2.75) is 44.6 Å². The molecule has 148 valence electrons. The van der Waals surface area contributed by atoms with Crippen LogP contribution in [0.2, 0.25) is 0 Å². The summed E-state index contributed by atoms with van der Waals surface area (Å²) < 4.78 is 5.47. The molecule has 2 aliphatic rings. The highest BCUT2D eigenvalue weighted by Gasteiger charge is 2.34. The number of carbonyl (C=O) groups excluding carboxylic acids is 1. The van der Waals surface area contributed by atoms with Crippen molar-refractivity contribution >= 4 is 11.9 Å². The van der Waals surface area contributed by atoms with E-state index in [0.717, 1.165) is 57.4 Å². The summed E-state index contributed by atoms with van der Waals surface area (Å²) in [5.41, 5.74) is 1.25. The number of ether oxygens (including phenoxy) is 1. The predicted octanol–water partition coefficient (Wildman–Crippen LogP) is 2.42.